The molecule has 0 aliphatic heterocycles. The lowest BCUT2D eigenvalue weighted by Gasteiger charge is -2.35. The van der Waals surface area contributed by atoms with E-state index in [2.05, 4.69) is 4.18 Å². The van der Waals surface area contributed by atoms with E-state index in [1.54, 1.807) is 0 Å². The van der Waals surface area contributed by atoms with E-state index < -0.39 is 9.91 Å². The molecule has 0 saturated heterocycles. The Morgan fingerprint density at radius 1 is 1.86 bits per heavy atom. The van der Waals surface area contributed by atoms with Gasteiger partial charge >= 0.3 is 0 Å². The predicted molar refractivity (Wildman–Crippen MR) is 24.5 cm³/mol. The molecule has 0 aliphatic carbocycles. The summed E-state index contributed by atoms with van der Waals surface area (Å²) in [6, 6.07) is 0. The first kappa shape index (κ1) is 7.03. The summed E-state index contributed by atoms with van der Waals surface area (Å²) in [5, 5.41) is 0. The molecule has 0 saturated carbocycles. The summed E-state index contributed by atoms with van der Waals surface area (Å²) in [5.41, 5.74) is 0. The molecule has 0 rings (SSSR count). The van der Waals surface area contributed by atoms with Gasteiger partial charge in [0.05, 0.1) is 7.11 Å². The summed E-state index contributed by atoms with van der Waals surface area (Å²) in [6.45, 7) is 0. The molecule has 0 amide bonds. The van der Waals surface area contributed by atoms with Crippen molar-refractivity contribution in [1.82, 2.24) is 0 Å². The molecule has 0 atom stereocenters. The van der Waals surface area contributed by atoms with Crippen LogP contribution in [0, 0.1) is 0 Å². The largest absolute Gasteiger partial charge is 0.750 e. The molecule has 0 bridgehead atoms. The van der Waals surface area contributed by atoms with E-state index in [4.69, 9.17) is 4.55 Å². The molecule has 5 heteroatoms. The van der Waals surface area contributed by atoms with Crippen LogP contribution >= 0.6 is 0 Å². The third-order valence-corrected chi connectivity index (χ3v) is 1.13. The lowest BCUT2D eigenvalue weighted by molar-refractivity contribution is 0.241. The van der Waals surface area contributed by atoms with Gasteiger partial charge in [0.15, 0.2) is 0 Å². The van der Waals surface area contributed by atoms with Crippen LogP contribution in [0.3, 0.4) is 0 Å². The van der Waals surface area contributed by atoms with Crippen molar-refractivity contribution in [2.75, 3.05) is 13.4 Å². The average molecular weight is 127 g/mol. The maximum Gasteiger partial charge on any atom is 0.0521 e. The van der Waals surface area contributed by atoms with Crippen molar-refractivity contribution in [3.8, 4) is 0 Å². The van der Waals surface area contributed by atoms with E-state index >= 15 is 0 Å². The van der Waals surface area contributed by atoms with Crippen molar-refractivity contribution in [2.24, 2.45) is 0 Å². The molecule has 0 radical (unpaired) electrons. The van der Waals surface area contributed by atoms with E-state index in [1.807, 2.05) is 0 Å². The molecule has 0 aromatic rings. The molecule has 0 aliphatic rings. The van der Waals surface area contributed by atoms with Crippen molar-refractivity contribution >= 4 is 9.91 Å². The summed E-state index contributed by atoms with van der Waals surface area (Å²) in [6.07, 6.45) is 0.594. The Bertz CT molecular complexity index is 111. The first-order valence-corrected chi connectivity index (χ1v) is 3.68. The standard InChI is InChI=1S/C2H8O4S/c1-6-7(2,3,4)5/h1-2H3,(H2,3,4,5)/p-1. The van der Waals surface area contributed by atoms with Gasteiger partial charge in [-0.05, 0) is 0 Å². The van der Waals surface area contributed by atoms with Gasteiger partial charge < -0.3 is 13.3 Å². The van der Waals surface area contributed by atoms with Gasteiger partial charge in [-0.25, -0.2) is 4.21 Å². The fourth-order valence-corrected chi connectivity index (χ4v) is 0. The third kappa shape index (κ3) is 6.03. The monoisotopic (exact) mass is 127 g/mol. The molecule has 46 valence electrons. The quantitative estimate of drug-likeness (QED) is 0.520. The molecular weight excluding hydrogens is 120 g/mol. The van der Waals surface area contributed by atoms with Crippen molar-refractivity contribution in [3.63, 3.8) is 0 Å². The van der Waals surface area contributed by atoms with Gasteiger partial charge in [-0.1, -0.05) is 0 Å². The Labute approximate surface area is 41.7 Å². The van der Waals surface area contributed by atoms with Crippen LogP contribution in [0.1, 0.15) is 0 Å². The van der Waals surface area contributed by atoms with E-state index in [1.165, 1.54) is 0 Å². The van der Waals surface area contributed by atoms with Gasteiger partial charge in [-0.2, -0.15) is 0 Å². The lowest BCUT2D eigenvalue weighted by Crippen LogP contribution is -2.30. The molecule has 1 N–H and O–H groups in total. The van der Waals surface area contributed by atoms with Crippen LogP contribution in [0.2, 0.25) is 0 Å². The van der Waals surface area contributed by atoms with E-state index in [9.17, 15) is 8.76 Å². The predicted octanol–water partition coefficient (Wildman–Crippen LogP) is -0.399. The number of hydrogen-bond donors (Lipinski definition) is 1. The van der Waals surface area contributed by atoms with E-state index in [-0.39, 0.29) is 0 Å². The zero-order valence-electron chi connectivity index (χ0n) is 4.08. The highest BCUT2D eigenvalue weighted by atomic mass is 32.3. The third-order valence-electron chi connectivity index (χ3n) is 0.377. The maximum atomic E-state index is 9.93. The van der Waals surface area contributed by atoms with Gasteiger partial charge in [-0.15, -0.1) is 0 Å². The van der Waals surface area contributed by atoms with Crippen molar-refractivity contribution in [1.29, 1.82) is 0 Å². The molecule has 0 aromatic carbocycles. The number of rotatable bonds is 1. The first-order chi connectivity index (χ1) is 2.81. The molecule has 0 fully saturated rings. The van der Waals surface area contributed by atoms with Crippen LogP contribution in [0.5, 0.6) is 0 Å². The van der Waals surface area contributed by atoms with E-state index in [0.29, 0.717) is 6.26 Å². The molecule has 0 spiro atoms. The highest BCUT2D eigenvalue weighted by molar-refractivity contribution is 8.05. The Morgan fingerprint density at radius 3 is 2.00 bits per heavy atom. The normalized spacial score (nSPS) is 18.0. The fourth-order valence-electron chi connectivity index (χ4n) is 0. The molecule has 7 heavy (non-hydrogen) atoms. The molecule has 0 heterocycles. The fraction of sp³-hybridized carbons (Fsp3) is 1.00. The van der Waals surface area contributed by atoms with Crippen LogP contribution < -0.4 is 0 Å². The van der Waals surface area contributed by atoms with Crippen LogP contribution in [0.4, 0.5) is 0 Å². The number of hydrogen-bond acceptors (Lipinski definition) is 3. The second kappa shape index (κ2) is 1.25. The van der Waals surface area contributed by atoms with Crippen LogP contribution in [0.25, 0.3) is 0 Å². The lowest BCUT2D eigenvalue weighted by atomic mass is 11.8. The van der Waals surface area contributed by atoms with Gasteiger partial charge in [-0.3, -0.25) is 0 Å². The minimum absolute atomic E-state index is 0.594. The zero-order valence-corrected chi connectivity index (χ0v) is 4.90. The van der Waals surface area contributed by atoms with Gasteiger partial charge in [0.1, 0.15) is 0 Å². The van der Waals surface area contributed by atoms with Gasteiger partial charge in [0.2, 0.25) is 0 Å². The first-order valence-electron chi connectivity index (χ1n) is 1.50. The molecule has 0 aromatic heterocycles. The minimum atomic E-state index is -4.87. The van der Waals surface area contributed by atoms with Crippen LogP contribution in [-0.2, 0) is 14.1 Å². The Hall–Kier alpha value is 0.0300. The zero-order chi connectivity index (χ0) is 6.15. The average Bonchev–Trinajstić information content (AvgIpc) is 1.32. The molecule has 0 unspecified atom stereocenters. The maximum absolute atomic E-state index is 9.93. The highest BCUT2D eigenvalue weighted by Crippen LogP contribution is 2.07. The van der Waals surface area contributed by atoms with Gasteiger partial charge in [0, 0.05) is 16.2 Å². The summed E-state index contributed by atoms with van der Waals surface area (Å²) >= 11 is 0. The summed E-state index contributed by atoms with van der Waals surface area (Å²) in [4.78, 5) is 0. The second-order valence-corrected chi connectivity index (χ2v) is 3.83. The van der Waals surface area contributed by atoms with Crippen LogP contribution in [0.15, 0.2) is 0 Å². The van der Waals surface area contributed by atoms with Crippen LogP contribution in [-0.4, -0.2) is 26.7 Å². The highest BCUT2D eigenvalue weighted by Gasteiger charge is 2.06. The van der Waals surface area contributed by atoms with Crippen molar-refractivity contribution in [2.45, 2.75) is 0 Å². The summed E-state index contributed by atoms with van der Waals surface area (Å²) in [5.74, 6) is 0. The summed E-state index contributed by atoms with van der Waals surface area (Å²) in [7, 11) is -3.97. The molecule has 4 nitrogen and oxygen atoms in total. The Morgan fingerprint density at radius 2 is 2.00 bits per heavy atom. The van der Waals surface area contributed by atoms with Crippen molar-refractivity contribution < 1.29 is 17.5 Å². The van der Waals surface area contributed by atoms with E-state index in [0.717, 1.165) is 7.11 Å². The minimum Gasteiger partial charge on any atom is -0.750 e. The SMILES string of the molecule is COS(C)(=O)([O-])O. The Kier molecular flexibility index (Phi) is 1.26. The summed E-state index contributed by atoms with van der Waals surface area (Å²) < 4.78 is 31.6. The second-order valence-electron chi connectivity index (χ2n) is 1.28. The smallest absolute Gasteiger partial charge is 0.0521 e. The Balaban J connectivity index is 4.14. The van der Waals surface area contributed by atoms with Crippen molar-refractivity contribution in [3.05, 3.63) is 0 Å². The van der Waals surface area contributed by atoms with Gasteiger partial charge in [0.25, 0.3) is 0 Å². The molecular formula is C2H7O4S-. The topological polar surface area (TPSA) is 69.6 Å².